The number of hydrogen-bond acceptors (Lipinski definition) is 2. The molecule has 2 rings (SSSR count). The van der Waals surface area contributed by atoms with Gasteiger partial charge in [-0.1, -0.05) is 11.6 Å². The van der Waals surface area contributed by atoms with Crippen molar-refractivity contribution in [3.05, 3.63) is 22.2 Å². The number of rotatable bonds is 0. The van der Waals surface area contributed by atoms with Crippen molar-refractivity contribution in [2.45, 2.75) is 33.3 Å². The molecule has 0 spiro atoms. The van der Waals surface area contributed by atoms with Gasteiger partial charge in [0.1, 0.15) is 11.9 Å². The summed E-state index contributed by atoms with van der Waals surface area (Å²) in [4.78, 5) is 11.6. The van der Waals surface area contributed by atoms with Crippen LogP contribution in [0.4, 0.5) is 5.69 Å². The van der Waals surface area contributed by atoms with Crippen molar-refractivity contribution in [2.24, 2.45) is 0 Å². The highest BCUT2D eigenvalue weighted by Gasteiger charge is 2.22. The molecule has 1 heterocycles. The van der Waals surface area contributed by atoms with Gasteiger partial charge in [-0.25, -0.2) is 0 Å². The SMILES string of the molecule is Cc1cc2c(c(C)c1Cl)NC(=O)CC(C)O2. The normalized spacial score (nSPS) is 19.5. The largest absolute Gasteiger partial charge is 0.488 e. The standard InChI is InChI=1S/C12H14ClNO2/c1-6-4-9-12(8(3)11(6)13)14-10(15)5-7(2)16-9/h4,7H,5H2,1-3H3,(H,14,15). The Bertz CT molecular complexity index is 457. The quantitative estimate of drug-likeness (QED) is 0.756. The molecule has 1 N–H and O–H groups in total. The van der Waals surface area contributed by atoms with Crippen LogP contribution in [-0.4, -0.2) is 12.0 Å². The van der Waals surface area contributed by atoms with Crippen LogP contribution in [0.1, 0.15) is 24.5 Å². The number of halogens is 1. The number of ether oxygens (including phenoxy) is 1. The fraction of sp³-hybridized carbons (Fsp3) is 0.417. The Hall–Kier alpha value is -1.22. The van der Waals surface area contributed by atoms with Crippen molar-refractivity contribution < 1.29 is 9.53 Å². The number of aryl methyl sites for hydroxylation is 1. The summed E-state index contributed by atoms with van der Waals surface area (Å²) in [6.07, 6.45) is 0.256. The van der Waals surface area contributed by atoms with Gasteiger partial charge in [0.15, 0.2) is 0 Å². The maximum atomic E-state index is 11.6. The van der Waals surface area contributed by atoms with E-state index in [0.29, 0.717) is 22.9 Å². The molecule has 86 valence electrons. The van der Waals surface area contributed by atoms with Gasteiger partial charge in [0.25, 0.3) is 0 Å². The molecule has 16 heavy (non-hydrogen) atoms. The summed E-state index contributed by atoms with van der Waals surface area (Å²) in [5.41, 5.74) is 2.52. The minimum Gasteiger partial charge on any atom is -0.488 e. The number of carbonyl (C=O) groups is 1. The second kappa shape index (κ2) is 3.98. The Kier molecular flexibility index (Phi) is 2.80. The van der Waals surface area contributed by atoms with Crippen LogP contribution in [0.15, 0.2) is 6.07 Å². The first-order chi connectivity index (χ1) is 7.49. The molecule has 0 fully saturated rings. The summed E-state index contributed by atoms with van der Waals surface area (Å²) in [5.74, 6) is 0.673. The lowest BCUT2D eigenvalue weighted by atomic mass is 10.1. The smallest absolute Gasteiger partial charge is 0.228 e. The van der Waals surface area contributed by atoms with Crippen molar-refractivity contribution in [1.29, 1.82) is 0 Å². The van der Waals surface area contributed by atoms with Gasteiger partial charge in [-0.05, 0) is 38.0 Å². The van der Waals surface area contributed by atoms with E-state index in [1.165, 1.54) is 0 Å². The van der Waals surface area contributed by atoms with Crippen molar-refractivity contribution in [1.82, 2.24) is 0 Å². The van der Waals surface area contributed by atoms with Gasteiger partial charge in [-0.15, -0.1) is 0 Å². The van der Waals surface area contributed by atoms with E-state index in [2.05, 4.69) is 5.32 Å². The van der Waals surface area contributed by atoms with Crippen LogP contribution >= 0.6 is 11.6 Å². The molecule has 1 atom stereocenters. The highest BCUT2D eigenvalue weighted by molar-refractivity contribution is 6.32. The van der Waals surface area contributed by atoms with Crippen LogP contribution in [0.3, 0.4) is 0 Å². The molecule has 1 aromatic carbocycles. The summed E-state index contributed by atoms with van der Waals surface area (Å²) in [6.45, 7) is 5.69. The zero-order chi connectivity index (χ0) is 11.9. The molecule has 0 aromatic heterocycles. The maximum absolute atomic E-state index is 11.6. The third-order valence-corrected chi connectivity index (χ3v) is 3.29. The molecule has 1 aromatic rings. The van der Waals surface area contributed by atoms with E-state index in [-0.39, 0.29) is 12.0 Å². The Morgan fingerprint density at radius 3 is 2.88 bits per heavy atom. The second-order valence-corrected chi connectivity index (χ2v) is 4.56. The summed E-state index contributed by atoms with van der Waals surface area (Å²) in [5, 5.41) is 3.52. The molecule has 3 nitrogen and oxygen atoms in total. The zero-order valence-electron chi connectivity index (χ0n) is 9.56. The van der Waals surface area contributed by atoms with Gasteiger partial charge < -0.3 is 10.1 Å². The number of benzene rings is 1. The molecule has 0 aliphatic carbocycles. The van der Waals surface area contributed by atoms with Crippen molar-refractivity contribution in [3.8, 4) is 5.75 Å². The molecule has 0 saturated carbocycles. The van der Waals surface area contributed by atoms with Crippen LogP contribution < -0.4 is 10.1 Å². The zero-order valence-corrected chi connectivity index (χ0v) is 10.3. The van der Waals surface area contributed by atoms with E-state index < -0.39 is 0 Å². The van der Waals surface area contributed by atoms with Gasteiger partial charge in [-0.2, -0.15) is 0 Å². The lowest BCUT2D eigenvalue weighted by molar-refractivity contribution is -0.117. The number of hydrogen-bond donors (Lipinski definition) is 1. The van der Waals surface area contributed by atoms with Crippen LogP contribution in [0.25, 0.3) is 0 Å². The van der Waals surface area contributed by atoms with Crippen molar-refractivity contribution in [3.63, 3.8) is 0 Å². The number of anilines is 1. The average molecular weight is 240 g/mol. The van der Waals surface area contributed by atoms with Gasteiger partial charge in [0.05, 0.1) is 12.1 Å². The first-order valence-electron chi connectivity index (χ1n) is 5.25. The molecular weight excluding hydrogens is 226 g/mol. The van der Waals surface area contributed by atoms with Crippen LogP contribution in [-0.2, 0) is 4.79 Å². The van der Waals surface area contributed by atoms with Crippen molar-refractivity contribution in [2.75, 3.05) is 5.32 Å². The minimum atomic E-state index is -0.110. The third-order valence-electron chi connectivity index (χ3n) is 2.71. The van der Waals surface area contributed by atoms with E-state index in [4.69, 9.17) is 16.3 Å². The molecular formula is C12H14ClNO2. The number of carbonyl (C=O) groups excluding carboxylic acids is 1. The summed E-state index contributed by atoms with van der Waals surface area (Å²) < 4.78 is 5.70. The molecule has 0 bridgehead atoms. The Balaban J connectivity index is 2.57. The van der Waals surface area contributed by atoms with E-state index in [1.54, 1.807) is 0 Å². The summed E-state index contributed by atoms with van der Waals surface area (Å²) in [7, 11) is 0. The number of fused-ring (bicyclic) bond motifs is 1. The fourth-order valence-electron chi connectivity index (χ4n) is 1.88. The molecule has 0 saturated heterocycles. The predicted octanol–water partition coefficient (Wildman–Crippen LogP) is 3.07. The number of nitrogens with one attached hydrogen (secondary N) is 1. The Labute approximate surface area is 99.7 Å². The second-order valence-electron chi connectivity index (χ2n) is 4.19. The summed E-state index contributed by atoms with van der Waals surface area (Å²) >= 11 is 6.15. The molecule has 4 heteroatoms. The first-order valence-corrected chi connectivity index (χ1v) is 5.63. The fourth-order valence-corrected chi connectivity index (χ4v) is 2.03. The Morgan fingerprint density at radius 2 is 2.19 bits per heavy atom. The molecule has 1 aliphatic rings. The van der Waals surface area contributed by atoms with E-state index in [1.807, 2.05) is 26.8 Å². The highest BCUT2D eigenvalue weighted by atomic mass is 35.5. The molecule has 1 amide bonds. The lowest BCUT2D eigenvalue weighted by Gasteiger charge is -2.15. The van der Waals surface area contributed by atoms with Gasteiger partial charge >= 0.3 is 0 Å². The third kappa shape index (κ3) is 1.87. The summed E-state index contributed by atoms with van der Waals surface area (Å²) in [6, 6.07) is 1.87. The molecule has 1 unspecified atom stereocenters. The van der Waals surface area contributed by atoms with Gasteiger partial charge in [0.2, 0.25) is 5.91 Å². The van der Waals surface area contributed by atoms with Crippen LogP contribution in [0.2, 0.25) is 5.02 Å². The van der Waals surface area contributed by atoms with E-state index in [9.17, 15) is 4.79 Å². The maximum Gasteiger partial charge on any atom is 0.228 e. The lowest BCUT2D eigenvalue weighted by Crippen LogP contribution is -2.17. The molecule has 1 aliphatic heterocycles. The van der Waals surface area contributed by atoms with Crippen LogP contribution in [0, 0.1) is 13.8 Å². The van der Waals surface area contributed by atoms with Crippen LogP contribution in [0.5, 0.6) is 5.75 Å². The van der Waals surface area contributed by atoms with E-state index >= 15 is 0 Å². The minimum absolute atomic E-state index is 0.0331. The number of amides is 1. The topological polar surface area (TPSA) is 38.3 Å². The first kappa shape index (κ1) is 11.3. The van der Waals surface area contributed by atoms with E-state index in [0.717, 1.165) is 11.1 Å². The predicted molar refractivity (Wildman–Crippen MR) is 64.3 cm³/mol. The monoisotopic (exact) mass is 239 g/mol. The van der Waals surface area contributed by atoms with Crippen molar-refractivity contribution >= 4 is 23.2 Å². The average Bonchev–Trinajstić information content (AvgIpc) is 2.33. The van der Waals surface area contributed by atoms with Gasteiger partial charge in [0, 0.05) is 5.02 Å². The highest BCUT2D eigenvalue weighted by Crippen LogP contribution is 2.38. The molecule has 0 radical (unpaired) electrons. The Morgan fingerprint density at radius 1 is 1.50 bits per heavy atom. The van der Waals surface area contributed by atoms with Gasteiger partial charge in [-0.3, -0.25) is 4.79 Å².